The van der Waals surface area contributed by atoms with Crippen LogP contribution in [0.15, 0.2) is 18.2 Å². The Labute approximate surface area is 195 Å². The number of nitrogens with zero attached hydrogens (tertiary/aromatic N) is 2. The quantitative estimate of drug-likeness (QED) is 0.475. The number of carbonyl (C=O) groups is 3. The fourth-order valence-electron chi connectivity index (χ4n) is 3.06. The molecule has 3 amide bonds. The molecule has 0 spiro atoms. The molecule has 0 aliphatic heterocycles. The highest BCUT2D eigenvalue weighted by Crippen LogP contribution is 2.31. The van der Waals surface area contributed by atoms with E-state index in [2.05, 4.69) is 9.69 Å². The highest BCUT2D eigenvalue weighted by atomic mass is 35.5. The van der Waals surface area contributed by atoms with E-state index >= 15 is 0 Å². The normalized spacial score (nSPS) is 11.9. The van der Waals surface area contributed by atoms with Gasteiger partial charge in [-0.05, 0) is 48.5 Å². The molecule has 0 fully saturated rings. The van der Waals surface area contributed by atoms with Crippen LogP contribution in [0.1, 0.15) is 60.2 Å². The number of aromatic nitrogens is 1. The fourth-order valence-corrected chi connectivity index (χ4v) is 3.98. The predicted molar refractivity (Wildman–Crippen MR) is 124 cm³/mol. The molecule has 11 heteroatoms. The van der Waals surface area contributed by atoms with E-state index < -0.39 is 23.7 Å². The summed E-state index contributed by atoms with van der Waals surface area (Å²) in [6, 6.07) is 2.82. The maximum atomic E-state index is 13.8. The molecule has 1 aromatic heterocycles. The summed E-state index contributed by atoms with van der Waals surface area (Å²) in [7, 11) is 0. The van der Waals surface area contributed by atoms with Crippen LogP contribution in [0.4, 0.5) is 15.8 Å². The molecule has 32 heavy (non-hydrogen) atoms. The van der Waals surface area contributed by atoms with Gasteiger partial charge in [-0.1, -0.05) is 38.8 Å². The van der Waals surface area contributed by atoms with Crippen LogP contribution in [0, 0.1) is 11.7 Å². The van der Waals surface area contributed by atoms with Crippen molar-refractivity contribution in [2.75, 3.05) is 17.2 Å². The van der Waals surface area contributed by atoms with Gasteiger partial charge < -0.3 is 16.8 Å². The zero-order valence-corrected chi connectivity index (χ0v) is 19.7. The highest BCUT2D eigenvalue weighted by molar-refractivity contribution is 7.09. The van der Waals surface area contributed by atoms with Gasteiger partial charge in [-0.15, -0.1) is 0 Å². The van der Waals surface area contributed by atoms with Crippen molar-refractivity contribution in [2.24, 2.45) is 11.7 Å². The maximum Gasteiger partial charge on any atom is 0.272 e. The van der Waals surface area contributed by atoms with Crippen LogP contribution >= 0.6 is 23.1 Å². The number of carbonyl (C=O) groups excluding carboxylic acids is 3. The predicted octanol–water partition coefficient (Wildman–Crippen LogP) is 3.59. The van der Waals surface area contributed by atoms with Gasteiger partial charge in [-0.2, -0.15) is 4.37 Å². The van der Waals surface area contributed by atoms with Gasteiger partial charge in [0.1, 0.15) is 16.7 Å². The zero-order valence-electron chi connectivity index (χ0n) is 18.2. The number of anilines is 2. The molecular weight excluding hydrogens is 457 g/mol. The lowest BCUT2D eigenvalue weighted by Gasteiger charge is -2.31. The lowest BCUT2D eigenvalue weighted by Crippen LogP contribution is -2.50. The number of halogens is 2. The van der Waals surface area contributed by atoms with Crippen molar-refractivity contribution in [3.63, 3.8) is 0 Å². The molecule has 5 N–H and O–H groups in total. The summed E-state index contributed by atoms with van der Waals surface area (Å²) in [5.41, 5.74) is 11.0. The van der Waals surface area contributed by atoms with Gasteiger partial charge in [-0.3, -0.25) is 19.3 Å². The fraction of sp³-hybridized carbons (Fsp3) is 0.429. The monoisotopic (exact) mass is 483 g/mol. The summed E-state index contributed by atoms with van der Waals surface area (Å²) in [4.78, 5) is 39.3. The van der Waals surface area contributed by atoms with Crippen molar-refractivity contribution >= 4 is 52.2 Å². The van der Waals surface area contributed by atoms with Crippen molar-refractivity contribution in [3.8, 4) is 0 Å². The molecule has 0 aliphatic rings. The van der Waals surface area contributed by atoms with Crippen LogP contribution < -0.4 is 21.7 Å². The SMILES string of the molecule is CCC[C@@H](C(=O)NCCC(C)C)N(C(=O)c1snc(C(N)=O)c1N)c1ccc(F)c(Cl)c1. The molecule has 0 saturated carbocycles. The molecule has 0 radical (unpaired) electrons. The lowest BCUT2D eigenvalue weighted by molar-refractivity contribution is -0.122. The highest BCUT2D eigenvalue weighted by Gasteiger charge is 2.34. The Morgan fingerprint density at radius 2 is 1.97 bits per heavy atom. The first-order valence-corrected chi connectivity index (χ1v) is 11.3. The van der Waals surface area contributed by atoms with Gasteiger partial charge in [0.25, 0.3) is 11.8 Å². The Morgan fingerprint density at radius 1 is 1.28 bits per heavy atom. The van der Waals surface area contributed by atoms with E-state index in [-0.39, 0.29) is 32.9 Å². The van der Waals surface area contributed by atoms with Crippen molar-refractivity contribution in [3.05, 3.63) is 39.6 Å². The van der Waals surface area contributed by atoms with E-state index in [1.807, 2.05) is 20.8 Å². The molecule has 0 saturated heterocycles. The Balaban J connectivity index is 2.53. The first kappa shape index (κ1) is 25.5. The Bertz CT molecular complexity index is 998. The third-order valence-electron chi connectivity index (χ3n) is 4.75. The van der Waals surface area contributed by atoms with E-state index in [1.54, 1.807) is 0 Å². The summed E-state index contributed by atoms with van der Waals surface area (Å²) in [6.45, 7) is 6.39. The zero-order chi connectivity index (χ0) is 24.0. The third kappa shape index (κ3) is 5.95. The number of benzene rings is 1. The summed E-state index contributed by atoms with van der Waals surface area (Å²) in [5, 5.41) is 2.66. The second-order valence-corrected chi connectivity index (χ2v) is 8.87. The van der Waals surface area contributed by atoms with Crippen LogP contribution in [0.5, 0.6) is 0 Å². The molecule has 1 atom stereocenters. The van der Waals surface area contributed by atoms with Crippen LogP contribution in [0.25, 0.3) is 0 Å². The van der Waals surface area contributed by atoms with Crippen molar-refractivity contribution in [1.82, 2.24) is 9.69 Å². The number of nitrogens with two attached hydrogens (primary N) is 2. The largest absolute Gasteiger partial charge is 0.395 e. The van der Waals surface area contributed by atoms with E-state index in [0.717, 1.165) is 12.5 Å². The van der Waals surface area contributed by atoms with Crippen molar-refractivity contribution in [1.29, 1.82) is 0 Å². The summed E-state index contributed by atoms with van der Waals surface area (Å²) in [5.74, 6) is -2.17. The number of hydrogen-bond acceptors (Lipinski definition) is 6. The summed E-state index contributed by atoms with van der Waals surface area (Å²) in [6.07, 6.45) is 1.69. The van der Waals surface area contributed by atoms with Gasteiger partial charge in [0.15, 0.2) is 5.69 Å². The topological polar surface area (TPSA) is 131 Å². The number of nitrogens with one attached hydrogen (secondary N) is 1. The van der Waals surface area contributed by atoms with Crippen molar-refractivity contribution in [2.45, 2.75) is 46.1 Å². The van der Waals surface area contributed by atoms with Crippen molar-refractivity contribution < 1.29 is 18.8 Å². The lowest BCUT2D eigenvalue weighted by atomic mass is 10.1. The molecular formula is C21H27ClFN5O3S. The van der Waals surface area contributed by atoms with Gasteiger partial charge >= 0.3 is 0 Å². The first-order chi connectivity index (χ1) is 15.1. The number of amides is 3. The molecule has 2 aromatic rings. The number of hydrogen-bond donors (Lipinski definition) is 3. The molecule has 2 rings (SSSR count). The first-order valence-electron chi connectivity index (χ1n) is 10.2. The number of nitrogen functional groups attached to an aromatic ring is 1. The average molecular weight is 484 g/mol. The summed E-state index contributed by atoms with van der Waals surface area (Å²) < 4.78 is 17.7. The molecule has 1 aromatic carbocycles. The van der Waals surface area contributed by atoms with Gasteiger partial charge in [0, 0.05) is 12.2 Å². The molecule has 0 aliphatic carbocycles. The minimum Gasteiger partial charge on any atom is -0.395 e. The minimum absolute atomic E-state index is 0.0460. The minimum atomic E-state index is -0.917. The second-order valence-electron chi connectivity index (χ2n) is 7.69. The van der Waals surface area contributed by atoms with E-state index in [4.69, 9.17) is 23.1 Å². The third-order valence-corrected chi connectivity index (χ3v) is 5.89. The van der Waals surface area contributed by atoms with Crippen LogP contribution in [-0.2, 0) is 4.79 Å². The molecule has 174 valence electrons. The second kappa shape index (κ2) is 11.2. The molecule has 0 unspecified atom stereocenters. The number of rotatable bonds is 10. The Kier molecular flexibility index (Phi) is 8.97. The van der Waals surface area contributed by atoms with Crippen LogP contribution in [0.3, 0.4) is 0 Å². The van der Waals surface area contributed by atoms with Crippen LogP contribution in [0.2, 0.25) is 5.02 Å². The number of primary amides is 1. The van der Waals surface area contributed by atoms with Gasteiger partial charge in [0.05, 0.1) is 10.7 Å². The molecule has 8 nitrogen and oxygen atoms in total. The smallest absolute Gasteiger partial charge is 0.272 e. The average Bonchev–Trinajstić information content (AvgIpc) is 3.11. The Hall–Kier alpha value is -2.72. The van der Waals surface area contributed by atoms with E-state index in [0.29, 0.717) is 36.8 Å². The molecule has 1 heterocycles. The summed E-state index contributed by atoms with van der Waals surface area (Å²) >= 11 is 6.66. The van der Waals surface area contributed by atoms with E-state index in [1.165, 1.54) is 17.0 Å². The van der Waals surface area contributed by atoms with Gasteiger partial charge in [-0.25, -0.2) is 4.39 Å². The maximum absolute atomic E-state index is 13.8. The van der Waals surface area contributed by atoms with E-state index in [9.17, 15) is 18.8 Å². The Morgan fingerprint density at radius 3 is 2.50 bits per heavy atom. The van der Waals surface area contributed by atoms with Gasteiger partial charge in [0.2, 0.25) is 5.91 Å². The standard InChI is InChI=1S/C21H27ClFN5O3S/c1-4-5-15(20(30)26-9-8-11(2)3)28(12-6-7-14(23)13(22)10-12)21(31)18-16(24)17(19(25)29)27-32-18/h6-7,10-11,15H,4-5,8-9,24H2,1-3H3,(H2,25,29)(H,26,30)/t15-/m0/s1. The van der Waals surface area contributed by atoms with Crippen LogP contribution in [-0.4, -0.2) is 34.7 Å². The molecule has 0 bridgehead atoms.